The van der Waals surface area contributed by atoms with Gasteiger partial charge < -0.3 is 14.7 Å². The Kier molecular flexibility index (Phi) is 5.69. The number of ether oxygens (including phenoxy) is 1. The highest BCUT2D eigenvalue weighted by Crippen LogP contribution is 2.29. The lowest BCUT2D eigenvalue weighted by Crippen LogP contribution is -2.41. The molecule has 0 spiro atoms. The number of hydrogen-bond acceptors (Lipinski definition) is 3. The van der Waals surface area contributed by atoms with Gasteiger partial charge >= 0.3 is 5.97 Å². The number of benzene rings is 2. The second kappa shape index (κ2) is 7.57. The average Bonchev–Trinajstić information content (AvgIpc) is 2.59. The van der Waals surface area contributed by atoms with E-state index < -0.39 is 18.0 Å². The van der Waals surface area contributed by atoms with Crippen LogP contribution in [0.3, 0.4) is 0 Å². The molecule has 0 aliphatic heterocycles. The zero-order valence-corrected chi connectivity index (χ0v) is 15.1. The molecule has 0 radical (unpaired) electrons. The average molecular weight is 362 g/mol. The number of amides is 1. The Balaban J connectivity index is 2.15. The molecular formula is C19H20ClNO4. The van der Waals surface area contributed by atoms with Crippen molar-refractivity contribution in [1.29, 1.82) is 0 Å². The molecule has 0 aliphatic carbocycles. The SMILES string of the molecule is CN(C(=O)C(C)(C)c1ccc(Cl)cc1)c1ccc(OCC(=O)O)cc1. The molecule has 0 atom stereocenters. The Hall–Kier alpha value is -2.53. The molecule has 0 fully saturated rings. The fraction of sp³-hybridized carbons (Fsp3) is 0.263. The molecule has 0 saturated carbocycles. The largest absolute Gasteiger partial charge is 0.482 e. The minimum absolute atomic E-state index is 0.0750. The summed E-state index contributed by atoms with van der Waals surface area (Å²) < 4.78 is 5.09. The molecule has 2 aromatic rings. The highest BCUT2D eigenvalue weighted by atomic mass is 35.5. The summed E-state index contributed by atoms with van der Waals surface area (Å²) >= 11 is 5.92. The number of carbonyl (C=O) groups excluding carboxylic acids is 1. The van der Waals surface area contributed by atoms with E-state index in [0.717, 1.165) is 5.56 Å². The monoisotopic (exact) mass is 361 g/mol. The molecule has 1 N–H and O–H groups in total. The number of nitrogens with zero attached hydrogens (tertiary/aromatic N) is 1. The van der Waals surface area contributed by atoms with E-state index in [2.05, 4.69) is 0 Å². The van der Waals surface area contributed by atoms with E-state index in [1.165, 1.54) is 0 Å². The Labute approximate surface area is 151 Å². The molecule has 0 aromatic heterocycles. The van der Waals surface area contributed by atoms with Crippen LogP contribution < -0.4 is 9.64 Å². The number of carboxylic acid groups (broad SMARTS) is 1. The van der Waals surface area contributed by atoms with Crippen LogP contribution in [0.1, 0.15) is 19.4 Å². The number of carboxylic acids is 1. The van der Waals surface area contributed by atoms with Gasteiger partial charge in [-0.15, -0.1) is 0 Å². The van der Waals surface area contributed by atoms with Gasteiger partial charge in [0, 0.05) is 17.8 Å². The first kappa shape index (κ1) is 18.8. The molecule has 0 saturated heterocycles. The third kappa shape index (κ3) is 4.51. The summed E-state index contributed by atoms with van der Waals surface area (Å²) in [6.07, 6.45) is 0. The van der Waals surface area contributed by atoms with Crippen molar-refractivity contribution in [2.24, 2.45) is 0 Å². The quantitative estimate of drug-likeness (QED) is 0.851. The van der Waals surface area contributed by atoms with Gasteiger partial charge in [0.25, 0.3) is 0 Å². The third-order valence-corrected chi connectivity index (χ3v) is 4.24. The fourth-order valence-electron chi connectivity index (χ4n) is 2.44. The van der Waals surface area contributed by atoms with Crippen LogP contribution in [0.4, 0.5) is 5.69 Å². The van der Waals surface area contributed by atoms with Crippen LogP contribution in [-0.4, -0.2) is 30.6 Å². The number of halogens is 1. The molecule has 25 heavy (non-hydrogen) atoms. The highest BCUT2D eigenvalue weighted by Gasteiger charge is 2.32. The first-order valence-electron chi connectivity index (χ1n) is 7.70. The minimum Gasteiger partial charge on any atom is -0.482 e. The summed E-state index contributed by atoms with van der Waals surface area (Å²) in [5, 5.41) is 9.24. The van der Waals surface area contributed by atoms with Gasteiger partial charge in [-0.1, -0.05) is 23.7 Å². The normalized spacial score (nSPS) is 11.0. The molecule has 0 aliphatic rings. The van der Waals surface area contributed by atoms with Crippen molar-refractivity contribution < 1.29 is 19.4 Å². The molecule has 132 valence electrons. The van der Waals surface area contributed by atoms with E-state index in [-0.39, 0.29) is 5.91 Å². The molecule has 0 bridgehead atoms. The highest BCUT2D eigenvalue weighted by molar-refractivity contribution is 6.30. The third-order valence-electron chi connectivity index (χ3n) is 3.99. The Bertz CT molecular complexity index is 754. The van der Waals surface area contributed by atoms with E-state index in [1.54, 1.807) is 48.3 Å². The number of rotatable bonds is 6. The molecule has 1 amide bonds. The minimum atomic E-state index is -1.04. The number of hydrogen-bond donors (Lipinski definition) is 1. The summed E-state index contributed by atoms with van der Waals surface area (Å²) in [5.41, 5.74) is 0.836. The fourth-order valence-corrected chi connectivity index (χ4v) is 2.56. The number of anilines is 1. The Morgan fingerprint density at radius 1 is 1.08 bits per heavy atom. The second-order valence-electron chi connectivity index (χ2n) is 6.17. The van der Waals surface area contributed by atoms with Gasteiger partial charge in [0.05, 0.1) is 5.41 Å². The van der Waals surface area contributed by atoms with Gasteiger partial charge in [0.15, 0.2) is 6.61 Å². The zero-order valence-electron chi connectivity index (χ0n) is 14.3. The van der Waals surface area contributed by atoms with Crippen LogP contribution in [0.25, 0.3) is 0 Å². The van der Waals surface area contributed by atoms with E-state index >= 15 is 0 Å². The van der Waals surface area contributed by atoms with Crippen molar-refractivity contribution in [3.8, 4) is 5.75 Å². The molecular weight excluding hydrogens is 342 g/mol. The van der Waals surface area contributed by atoms with Gasteiger partial charge in [-0.3, -0.25) is 4.79 Å². The van der Waals surface area contributed by atoms with E-state index in [9.17, 15) is 9.59 Å². The van der Waals surface area contributed by atoms with Crippen LogP contribution in [0.2, 0.25) is 5.02 Å². The van der Waals surface area contributed by atoms with Crippen molar-refractivity contribution in [2.75, 3.05) is 18.6 Å². The smallest absolute Gasteiger partial charge is 0.341 e. The van der Waals surface area contributed by atoms with Gasteiger partial charge in [-0.25, -0.2) is 4.79 Å². The van der Waals surface area contributed by atoms with E-state index in [0.29, 0.717) is 16.5 Å². The van der Waals surface area contributed by atoms with Crippen molar-refractivity contribution in [3.63, 3.8) is 0 Å². The lowest BCUT2D eigenvalue weighted by molar-refractivity contribution is -0.139. The summed E-state index contributed by atoms with van der Waals surface area (Å²) in [6, 6.07) is 13.9. The predicted octanol–water partition coefficient (Wildman–Crippen LogP) is 3.74. The topological polar surface area (TPSA) is 66.8 Å². The Morgan fingerprint density at radius 3 is 2.16 bits per heavy atom. The maximum Gasteiger partial charge on any atom is 0.341 e. The summed E-state index contributed by atoms with van der Waals surface area (Å²) in [5.74, 6) is -0.681. The van der Waals surface area contributed by atoms with Crippen LogP contribution in [-0.2, 0) is 15.0 Å². The first-order valence-corrected chi connectivity index (χ1v) is 8.08. The summed E-state index contributed by atoms with van der Waals surface area (Å²) in [6.45, 7) is 3.32. The van der Waals surface area contributed by atoms with Crippen molar-refractivity contribution >= 4 is 29.2 Å². The standard InChI is InChI=1S/C19H20ClNO4/c1-19(2,13-4-6-14(20)7-5-13)18(24)21(3)15-8-10-16(11-9-15)25-12-17(22)23/h4-11H,12H2,1-3H3,(H,22,23). The van der Waals surface area contributed by atoms with Crippen LogP contribution in [0.5, 0.6) is 5.75 Å². The molecule has 0 heterocycles. The summed E-state index contributed by atoms with van der Waals surface area (Å²) in [7, 11) is 1.70. The van der Waals surface area contributed by atoms with Crippen LogP contribution in [0, 0.1) is 0 Å². The van der Waals surface area contributed by atoms with E-state index in [1.807, 2.05) is 26.0 Å². The maximum atomic E-state index is 12.9. The molecule has 0 unspecified atom stereocenters. The molecule has 2 rings (SSSR count). The predicted molar refractivity (Wildman–Crippen MR) is 97.5 cm³/mol. The van der Waals surface area contributed by atoms with Crippen molar-refractivity contribution in [2.45, 2.75) is 19.3 Å². The number of carbonyl (C=O) groups is 2. The summed E-state index contributed by atoms with van der Waals surface area (Å²) in [4.78, 5) is 25.0. The lowest BCUT2D eigenvalue weighted by atomic mass is 9.83. The van der Waals surface area contributed by atoms with E-state index in [4.69, 9.17) is 21.4 Å². The molecule has 2 aromatic carbocycles. The Morgan fingerprint density at radius 2 is 1.64 bits per heavy atom. The lowest BCUT2D eigenvalue weighted by Gasteiger charge is -2.30. The van der Waals surface area contributed by atoms with Gasteiger partial charge in [0.1, 0.15) is 5.75 Å². The van der Waals surface area contributed by atoms with Crippen LogP contribution >= 0.6 is 11.6 Å². The van der Waals surface area contributed by atoms with Gasteiger partial charge in [-0.2, -0.15) is 0 Å². The maximum absolute atomic E-state index is 12.9. The molecule has 6 heteroatoms. The first-order chi connectivity index (χ1) is 11.7. The number of likely N-dealkylation sites (N-methyl/N-ethyl adjacent to an activating group) is 1. The van der Waals surface area contributed by atoms with Crippen molar-refractivity contribution in [1.82, 2.24) is 0 Å². The molecule has 5 nitrogen and oxygen atoms in total. The zero-order chi connectivity index (χ0) is 18.6. The van der Waals surface area contributed by atoms with Gasteiger partial charge in [-0.05, 0) is 55.8 Å². The van der Waals surface area contributed by atoms with Crippen molar-refractivity contribution in [3.05, 3.63) is 59.1 Å². The van der Waals surface area contributed by atoms with Gasteiger partial charge in [0.2, 0.25) is 5.91 Å². The van der Waals surface area contributed by atoms with Crippen LogP contribution in [0.15, 0.2) is 48.5 Å². The second-order valence-corrected chi connectivity index (χ2v) is 6.61. The number of aliphatic carboxylic acids is 1.